The molecule has 0 spiro atoms. The number of piperidine rings is 1. The van der Waals surface area contributed by atoms with E-state index in [0.717, 1.165) is 44.0 Å². The maximum absolute atomic E-state index is 10.7. The van der Waals surface area contributed by atoms with Gasteiger partial charge in [0, 0.05) is 26.1 Å². The molecule has 5 nitrogen and oxygen atoms in total. The van der Waals surface area contributed by atoms with Gasteiger partial charge in [-0.1, -0.05) is 12.8 Å². The van der Waals surface area contributed by atoms with Crippen molar-refractivity contribution in [3.63, 3.8) is 0 Å². The highest BCUT2D eigenvalue weighted by Gasteiger charge is 2.42. The summed E-state index contributed by atoms with van der Waals surface area (Å²) < 4.78 is 0. The van der Waals surface area contributed by atoms with Crippen molar-refractivity contribution in [3.8, 4) is 0 Å². The van der Waals surface area contributed by atoms with E-state index in [2.05, 4.69) is 20.2 Å². The first kappa shape index (κ1) is 12.7. The molecule has 5 heteroatoms. The van der Waals surface area contributed by atoms with Gasteiger partial charge in [-0.3, -0.25) is 4.98 Å². The molecule has 0 radical (unpaired) electrons. The van der Waals surface area contributed by atoms with Crippen LogP contribution in [0.15, 0.2) is 12.4 Å². The van der Waals surface area contributed by atoms with Gasteiger partial charge in [-0.15, -0.1) is 0 Å². The van der Waals surface area contributed by atoms with Gasteiger partial charge in [0.15, 0.2) is 0 Å². The Labute approximate surface area is 114 Å². The average molecular weight is 262 g/mol. The van der Waals surface area contributed by atoms with Crippen molar-refractivity contribution >= 4 is 11.6 Å². The van der Waals surface area contributed by atoms with Crippen molar-refractivity contribution in [2.75, 3.05) is 30.4 Å². The molecular formula is C14H22N4O. The van der Waals surface area contributed by atoms with E-state index in [-0.39, 0.29) is 0 Å². The maximum Gasteiger partial charge on any atom is 0.149 e. The van der Waals surface area contributed by atoms with E-state index in [1.807, 2.05) is 13.2 Å². The van der Waals surface area contributed by atoms with E-state index in [9.17, 15) is 5.11 Å². The highest BCUT2D eigenvalue weighted by Crippen LogP contribution is 2.40. The van der Waals surface area contributed by atoms with Crippen LogP contribution < -0.4 is 10.2 Å². The van der Waals surface area contributed by atoms with Crippen molar-refractivity contribution in [1.82, 2.24) is 9.97 Å². The van der Waals surface area contributed by atoms with Crippen molar-refractivity contribution < 1.29 is 5.11 Å². The summed E-state index contributed by atoms with van der Waals surface area (Å²) in [6, 6.07) is 0. The lowest BCUT2D eigenvalue weighted by atomic mass is 9.71. The molecule has 2 N–H and O–H groups in total. The molecule has 2 heterocycles. The molecule has 1 aromatic rings. The Kier molecular flexibility index (Phi) is 3.31. The van der Waals surface area contributed by atoms with E-state index in [1.54, 1.807) is 6.20 Å². The lowest BCUT2D eigenvalue weighted by Gasteiger charge is -2.47. The molecule has 0 bridgehead atoms. The number of aromatic nitrogens is 2. The molecule has 0 amide bonds. The number of nitrogens with zero attached hydrogens (tertiary/aromatic N) is 3. The predicted octanol–water partition coefficient (Wildman–Crippen LogP) is 1.65. The molecule has 1 saturated carbocycles. The van der Waals surface area contributed by atoms with Gasteiger partial charge in [0.25, 0.3) is 0 Å². The number of anilines is 2. The lowest BCUT2D eigenvalue weighted by molar-refractivity contribution is -0.0613. The van der Waals surface area contributed by atoms with E-state index >= 15 is 0 Å². The van der Waals surface area contributed by atoms with Crippen LogP contribution in [0.2, 0.25) is 0 Å². The fourth-order valence-corrected chi connectivity index (χ4v) is 3.41. The first-order valence-electron chi connectivity index (χ1n) is 7.18. The number of aliphatic hydroxyl groups is 1. The zero-order valence-electron chi connectivity index (χ0n) is 11.5. The number of nitrogens with one attached hydrogen (secondary N) is 1. The summed E-state index contributed by atoms with van der Waals surface area (Å²) >= 11 is 0. The fraction of sp³-hybridized carbons (Fsp3) is 0.714. The van der Waals surface area contributed by atoms with Gasteiger partial charge >= 0.3 is 0 Å². The maximum atomic E-state index is 10.7. The predicted molar refractivity (Wildman–Crippen MR) is 75.3 cm³/mol. The molecule has 0 aromatic carbocycles. The largest absolute Gasteiger partial charge is 0.389 e. The van der Waals surface area contributed by atoms with Crippen LogP contribution in [0.5, 0.6) is 0 Å². The topological polar surface area (TPSA) is 61.3 Å². The zero-order valence-corrected chi connectivity index (χ0v) is 11.5. The van der Waals surface area contributed by atoms with Crippen LogP contribution in [0, 0.1) is 5.92 Å². The molecule has 2 fully saturated rings. The second kappa shape index (κ2) is 4.96. The Morgan fingerprint density at radius 3 is 3.11 bits per heavy atom. The quantitative estimate of drug-likeness (QED) is 0.848. The second-order valence-electron chi connectivity index (χ2n) is 5.75. The van der Waals surface area contributed by atoms with Crippen LogP contribution in [0.4, 0.5) is 11.6 Å². The summed E-state index contributed by atoms with van der Waals surface area (Å²) in [5, 5.41) is 13.7. The molecule has 1 saturated heterocycles. The summed E-state index contributed by atoms with van der Waals surface area (Å²) in [7, 11) is 1.85. The minimum atomic E-state index is -0.428. The van der Waals surface area contributed by atoms with Gasteiger partial charge in [-0.2, -0.15) is 0 Å². The summed E-state index contributed by atoms with van der Waals surface area (Å²) in [6.07, 6.45) is 8.90. The minimum absolute atomic E-state index is 0.384. The lowest BCUT2D eigenvalue weighted by Crippen LogP contribution is -2.53. The fourth-order valence-electron chi connectivity index (χ4n) is 3.41. The first-order chi connectivity index (χ1) is 9.21. The number of hydrogen-bond acceptors (Lipinski definition) is 5. The van der Waals surface area contributed by atoms with Crippen LogP contribution in [-0.4, -0.2) is 40.8 Å². The second-order valence-corrected chi connectivity index (χ2v) is 5.75. The first-order valence-corrected chi connectivity index (χ1v) is 7.18. The van der Waals surface area contributed by atoms with E-state index in [0.29, 0.717) is 5.92 Å². The third-order valence-electron chi connectivity index (χ3n) is 4.63. The number of hydrogen-bond donors (Lipinski definition) is 2. The molecule has 1 aromatic heterocycles. The standard InChI is InChI=1S/C14H22N4O/c1-15-12-8-16-9-13(17-12)18-7-6-14(19)5-3-2-4-11(14)10-18/h8-9,11,19H,2-7,10H2,1H3,(H,15,17). The van der Waals surface area contributed by atoms with Gasteiger partial charge in [0.05, 0.1) is 18.0 Å². The Balaban J connectivity index is 1.76. The van der Waals surface area contributed by atoms with Crippen molar-refractivity contribution in [3.05, 3.63) is 12.4 Å². The molecular weight excluding hydrogens is 240 g/mol. The van der Waals surface area contributed by atoms with Crippen LogP contribution >= 0.6 is 0 Å². The summed E-state index contributed by atoms with van der Waals surface area (Å²) in [5.74, 6) is 2.09. The average Bonchev–Trinajstić information content (AvgIpc) is 2.46. The Hall–Kier alpha value is -1.36. The molecule has 1 aliphatic carbocycles. The third kappa shape index (κ3) is 2.39. The van der Waals surface area contributed by atoms with Crippen LogP contribution in [0.25, 0.3) is 0 Å². The third-order valence-corrected chi connectivity index (χ3v) is 4.63. The molecule has 2 aliphatic rings. The monoisotopic (exact) mass is 262 g/mol. The highest BCUT2D eigenvalue weighted by molar-refractivity contribution is 5.44. The van der Waals surface area contributed by atoms with Gasteiger partial charge in [0.2, 0.25) is 0 Å². The van der Waals surface area contributed by atoms with Crippen molar-refractivity contribution in [2.45, 2.75) is 37.7 Å². The Bertz CT molecular complexity index is 453. The van der Waals surface area contributed by atoms with Crippen LogP contribution in [-0.2, 0) is 0 Å². The molecule has 3 rings (SSSR count). The molecule has 2 unspecified atom stereocenters. The van der Waals surface area contributed by atoms with Crippen molar-refractivity contribution in [1.29, 1.82) is 0 Å². The van der Waals surface area contributed by atoms with Gasteiger partial charge < -0.3 is 15.3 Å². The number of fused-ring (bicyclic) bond motifs is 1. The van der Waals surface area contributed by atoms with E-state index in [4.69, 9.17) is 0 Å². The zero-order chi connectivity index (χ0) is 13.3. The summed E-state index contributed by atoms with van der Waals surface area (Å²) in [4.78, 5) is 11.0. The van der Waals surface area contributed by atoms with Gasteiger partial charge in [-0.25, -0.2) is 4.98 Å². The molecule has 1 aliphatic heterocycles. The molecule has 2 atom stereocenters. The highest BCUT2D eigenvalue weighted by atomic mass is 16.3. The smallest absolute Gasteiger partial charge is 0.149 e. The number of rotatable bonds is 2. The van der Waals surface area contributed by atoms with E-state index in [1.165, 1.54) is 12.8 Å². The Morgan fingerprint density at radius 1 is 1.37 bits per heavy atom. The van der Waals surface area contributed by atoms with Crippen LogP contribution in [0.1, 0.15) is 32.1 Å². The molecule has 19 heavy (non-hydrogen) atoms. The summed E-state index contributed by atoms with van der Waals surface area (Å²) in [5.41, 5.74) is -0.428. The van der Waals surface area contributed by atoms with Gasteiger partial charge in [-0.05, 0) is 19.3 Å². The Morgan fingerprint density at radius 2 is 2.26 bits per heavy atom. The van der Waals surface area contributed by atoms with Crippen LogP contribution in [0.3, 0.4) is 0 Å². The molecule has 104 valence electrons. The SMILES string of the molecule is CNc1cncc(N2CCC3(O)CCCCC3C2)n1. The van der Waals surface area contributed by atoms with Crippen molar-refractivity contribution in [2.24, 2.45) is 5.92 Å². The van der Waals surface area contributed by atoms with E-state index < -0.39 is 5.60 Å². The van der Waals surface area contributed by atoms with Gasteiger partial charge in [0.1, 0.15) is 11.6 Å². The normalized spacial score (nSPS) is 30.8. The minimum Gasteiger partial charge on any atom is -0.389 e. The summed E-state index contributed by atoms with van der Waals surface area (Å²) in [6.45, 7) is 1.77.